The second kappa shape index (κ2) is 53.7. The third kappa shape index (κ3) is 40.5. The van der Waals surface area contributed by atoms with E-state index in [1.54, 1.807) is 51.1 Å². The van der Waals surface area contributed by atoms with Gasteiger partial charge in [0, 0.05) is 39.0 Å². The first-order valence-corrected chi connectivity index (χ1v) is 38.9. The summed E-state index contributed by atoms with van der Waals surface area (Å²) >= 11 is 0. The molecule has 44 nitrogen and oxygen atoms in total. The normalized spacial score (nSPS) is 15.5. The van der Waals surface area contributed by atoms with Gasteiger partial charge < -0.3 is 127 Å². The van der Waals surface area contributed by atoms with Crippen molar-refractivity contribution in [3.8, 4) is 0 Å². The minimum atomic E-state index is -2.04. The maximum Gasteiger partial charge on any atom is 0.326 e. The summed E-state index contributed by atoms with van der Waals surface area (Å²) in [5, 5.41) is 114. The third-order valence-corrected chi connectivity index (χ3v) is 18.5. The fraction of sp³-hybridized carbons (Fsp3) is 0.653. The lowest BCUT2D eigenvalue weighted by Crippen LogP contribution is -2.62. The molecule has 1 aromatic carbocycles. The van der Waals surface area contributed by atoms with E-state index in [0.717, 1.165) is 13.8 Å². The molecule has 26 N–H and O–H groups in total. The van der Waals surface area contributed by atoms with Crippen LogP contribution in [-0.4, -0.2) is 269 Å². The molecule has 0 spiro atoms. The number of hydrogen-bond donors (Lipinski definition) is 24. The number of rotatable bonds is 58. The van der Waals surface area contributed by atoms with Gasteiger partial charge in [-0.25, -0.2) is 4.79 Å². The molecular weight excluding hydrogens is 1570 g/mol. The first kappa shape index (κ1) is 105. The summed E-state index contributed by atoms with van der Waals surface area (Å²) in [6.45, 7) is 14.5. The summed E-state index contributed by atoms with van der Waals surface area (Å²) in [5.74, 6) is -26.9. The number of hydrogen-bond acceptors (Lipinski definition) is 24. The van der Waals surface area contributed by atoms with Crippen LogP contribution in [0.3, 0.4) is 0 Å². The van der Waals surface area contributed by atoms with E-state index < -0.39 is 304 Å². The zero-order valence-electron chi connectivity index (χ0n) is 68.6. The number of carboxylic acids is 5. The Labute approximate surface area is 687 Å². The smallest absolute Gasteiger partial charge is 0.326 e. The van der Waals surface area contributed by atoms with Crippen molar-refractivity contribution in [3.63, 3.8) is 0 Å². The minimum absolute atomic E-state index is 0.0526. The Hall–Kier alpha value is -11.5. The van der Waals surface area contributed by atoms with Crippen molar-refractivity contribution in [2.75, 3.05) is 13.2 Å². The number of unbranched alkanes of at least 4 members (excludes halogenated alkanes) is 1. The minimum Gasteiger partial charge on any atom is -0.481 e. The van der Waals surface area contributed by atoms with Crippen molar-refractivity contribution in [1.82, 2.24) is 74.4 Å². The molecule has 15 amide bonds. The Bertz CT molecular complexity index is 3660. The third-order valence-electron chi connectivity index (χ3n) is 18.5. The molecule has 668 valence electrons. The molecule has 119 heavy (non-hydrogen) atoms. The van der Waals surface area contributed by atoms with Gasteiger partial charge in [-0.05, 0) is 101 Å². The van der Waals surface area contributed by atoms with Gasteiger partial charge in [0.2, 0.25) is 88.6 Å². The first-order valence-electron chi connectivity index (χ1n) is 38.9. The van der Waals surface area contributed by atoms with E-state index in [2.05, 4.69) is 74.4 Å². The zero-order valence-corrected chi connectivity index (χ0v) is 68.6. The molecule has 44 heteroatoms. The monoisotopic (exact) mass is 1690 g/mol. The van der Waals surface area contributed by atoms with Crippen molar-refractivity contribution in [3.05, 3.63) is 35.9 Å². The number of carbonyl (C=O) groups excluding carboxylic acids is 15. The predicted octanol–water partition coefficient (Wildman–Crippen LogP) is -5.87. The van der Waals surface area contributed by atoms with Crippen LogP contribution >= 0.6 is 0 Å². The van der Waals surface area contributed by atoms with Crippen LogP contribution in [0.5, 0.6) is 0 Å². The Morgan fingerprint density at radius 1 is 0.395 bits per heavy atom. The van der Waals surface area contributed by atoms with E-state index in [9.17, 15) is 137 Å². The van der Waals surface area contributed by atoms with E-state index in [-0.39, 0.29) is 38.1 Å². The molecule has 0 radical (unpaired) electrons. The Kier molecular flexibility index (Phi) is 47.6. The van der Waals surface area contributed by atoms with Gasteiger partial charge in [-0.1, -0.05) is 92.1 Å². The Balaban J connectivity index is 3.50. The molecule has 1 rings (SSSR count). The molecule has 0 saturated carbocycles. The number of primary amides is 1. The summed E-state index contributed by atoms with van der Waals surface area (Å²) in [5.41, 5.74) is 11.6. The van der Waals surface area contributed by atoms with E-state index in [4.69, 9.17) is 11.5 Å². The van der Waals surface area contributed by atoms with Crippen LogP contribution < -0.4 is 85.9 Å². The zero-order chi connectivity index (χ0) is 90.8. The summed E-state index contributed by atoms with van der Waals surface area (Å²) in [7, 11) is 0. The largest absolute Gasteiger partial charge is 0.481 e. The molecule has 0 aromatic heterocycles. The highest BCUT2D eigenvalue weighted by atomic mass is 16.4. The van der Waals surface area contributed by atoms with Crippen LogP contribution in [0, 0.1) is 23.7 Å². The second-order valence-corrected chi connectivity index (χ2v) is 29.9. The lowest BCUT2D eigenvalue weighted by atomic mass is 9.95. The maximum atomic E-state index is 14.3. The van der Waals surface area contributed by atoms with Crippen molar-refractivity contribution in [1.29, 1.82) is 0 Å². The standard InChI is InChI=1S/C75H120N16O28/c1-12-38(8)61(90-68(111)47(24-28-58(104)105)81-64(107)45(22-26-56(100)101)83-74(117)62(40(10)93)91-66(109)43(79-41(11)94)20-16-17-29-76)73(116)87-51(34-92)70(113)82-46(23-27-57(102)103)67(110)89-60(37(6)7)72(115)85-49(32-53(77)96)69(112)84-48(30-35(2)3)52(95)33-54(97)88-59(36(4)5)71(114)78-39(9)63(106)80-44(21-25-55(98)99)65(108)86-50(75(118)119)31-42-18-14-13-15-19-42/h13-15,18-19,35-40,43-52,59-62,92-93,95H,12,16-17,20-34,76H2,1-11H3,(H2,77,96)(H,78,114)(H,79,94)(H,80,106)(H,81,107)(H,82,113)(H,83,117)(H,84,112)(H,85,115)(H,86,108)(H,87,116)(H,88,97)(H,89,110)(H,90,111)(H,91,109)(H,98,99)(H,100,101)(H,102,103)(H,104,105)(H,118,119)/t38-,39-,40+,43-,44-,45-,46-,47-,48-,49-,50-,51-,52-,59-,60-,61-,62-/m0/s1. The average Bonchev–Trinajstić information content (AvgIpc) is 0.873. The molecule has 17 atom stereocenters. The van der Waals surface area contributed by atoms with Gasteiger partial charge in [0.15, 0.2) is 0 Å². The first-order chi connectivity index (χ1) is 55.6. The van der Waals surface area contributed by atoms with Gasteiger partial charge in [-0.15, -0.1) is 0 Å². The average molecular weight is 1690 g/mol. The van der Waals surface area contributed by atoms with Gasteiger partial charge >= 0.3 is 29.8 Å². The number of aliphatic hydroxyl groups excluding tert-OH is 3. The number of amides is 15. The quantitative estimate of drug-likeness (QED) is 0.0270. The molecular formula is C75H120N16O28. The van der Waals surface area contributed by atoms with Crippen molar-refractivity contribution in [2.45, 2.75) is 276 Å². The number of nitrogens with one attached hydrogen (secondary N) is 14. The lowest BCUT2D eigenvalue weighted by Gasteiger charge is -2.30. The number of nitrogens with two attached hydrogens (primary N) is 2. The van der Waals surface area contributed by atoms with E-state index in [0.29, 0.717) is 18.4 Å². The second-order valence-electron chi connectivity index (χ2n) is 29.9. The Morgan fingerprint density at radius 2 is 0.765 bits per heavy atom. The number of carboxylic acid groups (broad SMARTS) is 5. The van der Waals surface area contributed by atoms with Gasteiger partial charge in [0.1, 0.15) is 78.5 Å². The van der Waals surface area contributed by atoms with Gasteiger partial charge in [0.05, 0.1) is 37.7 Å². The molecule has 0 aliphatic heterocycles. The van der Waals surface area contributed by atoms with Crippen molar-refractivity contribution >= 4 is 118 Å². The highest BCUT2D eigenvalue weighted by Gasteiger charge is 2.40. The van der Waals surface area contributed by atoms with E-state index in [1.807, 2.05) is 0 Å². The Morgan fingerprint density at radius 3 is 1.18 bits per heavy atom. The van der Waals surface area contributed by atoms with Crippen molar-refractivity contribution in [2.24, 2.45) is 35.1 Å². The number of benzene rings is 1. The van der Waals surface area contributed by atoms with Crippen LogP contribution in [0.15, 0.2) is 30.3 Å². The van der Waals surface area contributed by atoms with Gasteiger partial charge in [-0.2, -0.15) is 0 Å². The molecule has 0 fully saturated rings. The summed E-state index contributed by atoms with van der Waals surface area (Å²) in [6, 6.07) is -15.3. The van der Waals surface area contributed by atoms with Crippen LogP contribution in [0.2, 0.25) is 0 Å². The lowest BCUT2D eigenvalue weighted by molar-refractivity contribution is -0.143. The summed E-state index contributed by atoms with van der Waals surface area (Å²) in [6.07, 6.45) is -10.3. The molecule has 0 bridgehead atoms. The number of carbonyl (C=O) groups is 20. The number of aliphatic carboxylic acids is 5. The maximum absolute atomic E-state index is 14.3. The molecule has 0 aliphatic carbocycles. The van der Waals surface area contributed by atoms with Crippen LogP contribution in [0.25, 0.3) is 0 Å². The number of aliphatic hydroxyl groups is 3. The fourth-order valence-electron chi connectivity index (χ4n) is 11.7. The molecule has 1 aromatic rings. The molecule has 0 unspecified atom stereocenters. The molecule has 0 heterocycles. The predicted molar refractivity (Wildman–Crippen MR) is 418 cm³/mol. The van der Waals surface area contributed by atoms with E-state index in [1.165, 1.54) is 41.5 Å². The van der Waals surface area contributed by atoms with Crippen LogP contribution in [-0.2, 0) is 102 Å². The van der Waals surface area contributed by atoms with Crippen LogP contribution in [0.1, 0.15) is 178 Å². The molecule has 0 saturated heterocycles. The summed E-state index contributed by atoms with van der Waals surface area (Å²) < 4.78 is 0. The van der Waals surface area contributed by atoms with Gasteiger partial charge in [0.25, 0.3) is 0 Å². The SMILES string of the molecule is CC[C@H](C)[C@H](NC(=O)[C@H](CCC(=O)O)NC(=O)[C@H](CCC(=O)O)NC(=O)[C@@H](NC(=O)[C@H](CCCCN)NC(C)=O)[C@@H](C)O)C(=O)N[C@@H](CO)C(=O)N[C@@H](CCC(=O)O)C(=O)N[C@H](C(=O)N[C@@H](CC(N)=O)C(=O)N[C@@H](CC(C)C)[C@@H](O)CC(=O)N[C@H](C(=O)N[C@@H](C)C(=O)N[C@@H](CCC(=O)O)C(=O)N[C@@H](Cc1ccccc1)C(=O)O)C(C)C)C(C)C. The van der Waals surface area contributed by atoms with Gasteiger partial charge in [-0.3, -0.25) is 91.1 Å². The topological polar surface area (TPSA) is 724 Å². The highest BCUT2D eigenvalue weighted by molar-refractivity contribution is 6.00. The fourth-order valence-corrected chi connectivity index (χ4v) is 11.7. The molecule has 0 aliphatic rings. The van der Waals surface area contributed by atoms with E-state index >= 15 is 0 Å². The highest BCUT2D eigenvalue weighted by Crippen LogP contribution is 2.17. The summed E-state index contributed by atoms with van der Waals surface area (Å²) in [4.78, 5) is 265. The van der Waals surface area contributed by atoms with Crippen molar-refractivity contribution < 1.29 is 137 Å². The van der Waals surface area contributed by atoms with Crippen LogP contribution in [0.4, 0.5) is 0 Å².